The van der Waals surface area contributed by atoms with E-state index in [2.05, 4.69) is 4.98 Å². The summed E-state index contributed by atoms with van der Waals surface area (Å²) in [4.78, 5) is 30.6. The topological polar surface area (TPSA) is 65.5 Å². The van der Waals surface area contributed by atoms with Crippen molar-refractivity contribution in [3.05, 3.63) is 107 Å². The highest BCUT2D eigenvalue weighted by molar-refractivity contribution is 6.33. The van der Waals surface area contributed by atoms with E-state index < -0.39 is 5.97 Å². The van der Waals surface area contributed by atoms with E-state index in [-0.39, 0.29) is 12.4 Å². The van der Waals surface area contributed by atoms with Crippen LogP contribution in [0.5, 0.6) is 5.75 Å². The summed E-state index contributed by atoms with van der Waals surface area (Å²) in [5, 5.41) is 3.01. The number of para-hydroxylation sites is 1. The molecule has 4 aromatic carbocycles. The lowest BCUT2D eigenvalue weighted by molar-refractivity contribution is 0.0476. The molecule has 0 unspecified atom stereocenters. The van der Waals surface area contributed by atoms with Gasteiger partial charge in [-0.1, -0.05) is 66.2 Å². The Labute approximate surface area is 206 Å². The second-order valence-electron chi connectivity index (χ2n) is 7.98. The highest BCUT2D eigenvalue weighted by Gasteiger charge is 2.18. The Morgan fingerprint density at radius 3 is 2.43 bits per heavy atom. The molecule has 5 aromatic rings. The van der Waals surface area contributed by atoms with Gasteiger partial charge in [-0.25, -0.2) is 9.78 Å². The first kappa shape index (κ1) is 22.6. The van der Waals surface area contributed by atoms with E-state index >= 15 is 0 Å². The normalized spacial score (nSPS) is 10.9. The summed E-state index contributed by atoms with van der Waals surface area (Å²) in [6.07, 6.45) is 0. The molecule has 0 aliphatic rings. The van der Waals surface area contributed by atoms with Crippen LogP contribution in [0.25, 0.3) is 32.9 Å². The molecule has 0 spiro atoms. The summed E-state index contributed by atoms with van der Waals surface area (Å²) in [7, 11) is 1.61. The Morgan fingerprint density at radius 1 is 0.857 bits per heavy atom. The molecule has 6 heteroatoms. The molecule has 0 fully saturated rings. The Bertz CT molecular complexity index is 1600. The molecule has 0 saturated heterocycles. The fraction of sp³-hybridized carbons (Fsp3) is 0.0690. The molecule has 35 heavy (non-hydrogen) atoms. The zero-order valence-corrected chi connectivity index (χ0v) is 19.6. The first-order valence-electron chi connectivity index (χ1n) is 11.0. The van der Waals surface area contributed by atoms with Crippen LogP contribution < -0.4 is 4.74 Å². The van der Waals surface area contributed by atoms with Crippen LogP contribution in [0, 0.1) is 0 Å². The number of carbonyl (C=O) groups excluding carboxylic acids is 2. The maximum Gasteiger partial charge on any atom is 0.339 e. The number of esters is 1. The lowest BCUT2D eigenvalue weighted by atomic mass is 10.0. The average molecular weight is 482 g/mol. The number of ether oxygens (including phenoxy) is 2. The van der Waals surface area contributed by atoms with Crippen molar-refractivity contribution in [2.45, 2.75) is 0 Å². The second-order valence-corrected chi connectivity index (χ2v) is 8.39. The van der Waals surface area contributed by atoms with Gasteiger partial charge in [-0.3, -0.25) is 4.79 Å². The fourth-order valence-electron chi connectivity index (χ4n) is 3.97. The highest BCUT2D eigenvalue weighted by atomic mass is 35.5. The average Bonchev–Trinajstić information content (AvgIpc) is 2.90. The molecular formula is C29H20ClNO4. The van der Waals surface area contributed by atoms with Gasteiger partial charge in [0.1, 0.15) is 5.75 Å². The van der Waals surface area contributed by atoms with Crippen molar-refractivity contribution in [3.8, 4) is 17.0 Å². The summed E-state index contributed by atoms with van der Waals surface area (Å²) in [6, 6.07) is 27.2. The zero-order valence-electron chi connectivity index (χ0n) is 18.8. The Balaban J connectivity index is 1.41. The number of aromatic nitrogens is 1. The number of methoxy groups -OCH3 is 1. The third-order valence-corrected chi connectivity index (χ3v) is 6.12. The van der Waals surface area contributed by atoms with Crippen molar-refractivity contribution < 1.29 is 19.1 Å². The van der Waals surface area contributed by atoms with E-state index in [0.29, 0.717) is 38.3 Å². The van der Waals surface area contributed by atoms with E-state index in [1.54, 1.807) is 37.4 Å². The van der Waals surface area contributed by atoms with Crippen LogP contribution in [0.4, 0.5) is 0 Å². The van der Waals surface area contributed by atoms with E-state index in [0.717, 1.165) is 16.5 Å². The predicted molar refractivity (Wildman–Crippen MR) is 137 cm³/mol. The van der Waals surface area contributed by atoms with Crippen molar-refractivity contribution in [1.82, 2.24) is 4.98 Å². The van der Waals surface area contributed by atoms with E-state index in [4.69, 9.17) is 21.1 Å². The van der Waals surface area contributed by atoms with Crippen LogP contribution in [-0.2, 0) is 4.74 Å². The number of fused-ring (bicyclic) bond motifs is 2. The monoisotopic (exact) mass is 481 g/mol. The minimum Gasteiger partial charge on any atom is -0.497 e. The minimum atomic E-state index is -0.601. The molecule has 1 aromatic heterocycles. The molecule has 5 rings (SSSR count). The summed E-state index contributed by atoms with van der Waals surface area (Å²) in [5.74, 6) is -0.150. The van der Waals surface area contributed by atoms with Crippen molar-refractivity contribution >= 4 is 45.0 Å². The number of benzene rings is 4. The van der Waals surface area contributed by atoms with Crippen molar-refractivity contribution in [1.29, 1.82) is 0 Å². The smallest absolute Gasteiger partial charge is 0.339 e. The number of carbonyl (C=O) groups is 2. The quantitative estimate of drug-likeness (QED) is 0.198. The van der Waals surface area contributed by atoms with Gasteiger partial charge in [0, 0.05) is 21.5 Å². The lowest BCUT2D eigenvalue weighted by Gasteiger charge is -2.11. The van der Waals surface area contributed by atoms with Crippen LogP contribution >= 0.6 is 11.6 Å². The summed E-state index contributed by atoms with van der Waals surface area (Å²) < 4.78 is 10.7. The van der Waals surface area contributed by atoms with Gasteiger partial charge >= 0.3 is 5.97 Å². The third-order valence-electron chi connectivity index (χ3n) is 5.79. The number of ketones is 1. The Hall–Kier alpha value is -4.22. The highest BCUT2D eigenvalue weighted by Crippen LogP contribution is 2.30. The van der Waals surface area contributed by atoms with Gasteiger partial charge in [0.15, 0.2) is 12.4 Å². The Morgan fingerprint density at radius 2 is 1.60 bits per heavy atom. The van der Waals surface area contributed by atoms with E-state index in [1.807, 2.05) is 60.7 Å². The molecule has 0 N–H and O–H groups in total. The van der Waals surface area contributed by atoms with Gasteiger partial charge < -0.3 is 9.47 Å². The molecule has 0 atom stereocenters. The van der Waals surface area contributed by atoms with E-state index in [9.17, 15) is 9.59 Å². The summed E-state index contributed by atoms with van der Waals surface area (Å²) in [5.41, 5.74) is 2.68. The number of halogens is 1. The number of hydrogen-bond donors (Lipinski definition) is 0. The van der Waals surface area contributed by atoms with Gasteiger partial charge in [0.05, 0.1) is 23.9 Å². The molecule has 0 bridgehead atoms. The third kappa shape index (κ3) is 4.59. The zero-order chi connectivity index (χ0) is 24.4. The van der Waals surface area contributed by atoms with Gasteiger partial charge in [-0.2, -0.15) is 0 Å². The number of Topliss-reactive ketones (excluding diaryl/α,β-unsaturated/α-hetero) is 1. The fourth-order valence-corrected chi connectivity index (χ4v) is 4.20. The SMILES string of the molecule is COc1ccc2cc(C(=O)COC(=O)c3cc(-c4ccccc4Cl)nc4ccccc34)ccc2c1. The van der Waals surface area contributed by atoms with Crippen molar-refractivity contribution in [2.75, 3.05) is 13.7 Å². The van der Waals surface area contributed by atoms with Crippen LogP contribution in [0.3, 0.4) is 0 Å². The maximum atomic E-state index is 13.1. The Kier molecular flexibility index (Phi) is 6.17. The molecule has 0 aliphatic carbocycles. The number of nitrogens with zero attached hydrogens (tertiary/aromatic N) is 1. The lowest BCUT2D eigenvalue weighted by Crippen LogP contribution is -2.15. The summed E-state index contributed by atoms with van der Waals surface area (Å²) >= 11 is 6.36. The van der Waals surface area contributed by atoms with Crippen LogP contribution in [0.15, 0.2) is 91.0 Å². The molecule has 0 aliphatic heterocycles. The van der Waals surface area contributed by atoms with Gasteiger partial charge in [-0.05, 0) is 47.2 Å². The molecule has 1 heterocycles. The molecular weight excluding hydrogens is 462 g/mol. The van der Waals surface area contributed by atoms with Crippen molar-refractivity contribution in [2.24, 2.45) is 0 Å². The molecule has 0 saturated carbocycles. The first-order valence-corrected chi connectivity index (χ1v) is 11.3. The van der Waals surface area contributed by atoms with Gasteiger partial charge in [0.2, 0.25) is 0 Å². The summed E-state index contributed by atoms with van der Waals surface area (Å²) in [6.45, 7) is -0.376. The minimum absolute atomic E-state index is 0.291. The molecule has 5 nitrogen and oxygen atoms in total. The van der Waals surface area contributed by atoms with Gasteiger partial charge in [-0.15, -0.1) is 0 Å². The number of hydrogen-bond acceptors (Lipinski definition) is 5. The van der Waals surface area contributed by atoms with Crippen molar-refractivity contribution in [3.63, 3.8) is 0 Å². The first-order chi connectivity index (χ1) is 17.0. The maximum absolute atomic E-state index is 13.1. The van der Waals surface area contributed by atoms with Crippen LogP contribution in [0.1, 0.15) is 20.7 Å². The van der Waals surface area contributed by atoms with E-state index in [1.165, 1.54) is 0 Å². The van der Waals surface area contributed by atoms with Gasteiger partial charge in [0.25, 0.3) is 0 Å². The number of rotatable bonds is 6. The van der Waals surface area contributed by atoms with Crippen LogP contribution in [0.2, 0.25) is 5.02 Å². The largest absolute Gasteiger partial charge is 0.497 e. The molecule has 172 valence electrons. The number of pyridine rings is 1. The second kappa shape index (κ2) is 9.57. The molecule has 0 radical (unpaired) electrons. The van der Waals surface area contributed by atoms with Crippen LogP contribution in [-0.4, -0.2) is 30.5 Å². The standard InChI is InChI=1S/C29H20ClNO4/c1-34-21-13-12-18-14-20(11-10-19(18)15-21)28(32)17-35-29(33)24-16-27(23-7-2-4-8-25(23)30)31-26-9-5-3-6-22(24)26/h2-16H,17H2,1H3. The molecule has 0 amide bonds. The predicted octanol–water partition coefficient (Wildman–Crippen LogP) is 6.76.